The maximum absolute atomic E-state index is 12.1. The van der Waals surface area contributed by atoms with Crippen LogP contribution in [0.1, 0.15) is 91.8 Å². The lowest BCUT2D eigenvalue weighted by Gasteiger charge is -2.14. The molecule has 0 unspecified atom stereocenters. The lowest BCUT2D eigenvalue weighted by Crippen LogP contribution is -2.14. The number of aromatic hydroxyl groups is 1. The van der Waals surface area contributed by atoms with Crippen LogP contribution in [0.5, 0.6) is 11.5 Å². The van der Waals surface area contributed by atoms with Gasteiger partial charge in [0.2, 0.25) is 0 Å². The maximum Gasteiger partial charge on any atom is 0.342 e. The molecule has 1 N–H and O–H groups in total. The Balaban J connectivity index is 2.49. The zero-order valence-corrected chi connectivity index (χ0v) is 17.4. The van der Waals surface area contributed by atoms with Gasteiger partial charge < -0.3 is 19.3 Å². The minimum atomic E-state index is -0.755. The van der Waals surface area contributed by atoms with Crippen molar-refractivity contribution in [3.05, 3.63) is 23.3 Å². The monoisotopic (exact) mass is 394 g/mol. The Morgan fingerprint density at radius 2 is 1.36 bits per heavy atom. The summed E-state index contributed by atoms with van der Waals surface area (Å²) < 4.78 is 15.1. The number of phenols is 1. The smallest absolute Gasteiger partial charge is 0.342 e. The molecule has 1 rings (SSSR count). The third-order valence-corrected chi connectivity index (χ3v) is 4.68. The van der Waals surface area contributed by atoms with Gasteiger partial charge in [-0.3, -0.25) is 0 Å². The molecule has 28 heavy (non-hydrogen) atoms. The van der Waals surface area contributed by atoms with Gasteiger partial charge in [0.25, 0.3) is 0 Å². The van der Waals surface area contributed by atoms with Crippen LogP contribution in [0.2, 0.25) is 0 Å². The zero-order chi connectivity index (χ0) is 20.8. The van der Waals surface area contributed by atoms with E-state index in [2.05, 4.69) is 6.92 Å². The number of unbranched alkanes of at least 4 members (excludes halogenated alkanes) is 9. The van der Waals surface area contributed by atoms with Crippen LogP contribution < -0.4 is 4.74 Å². The number of ether oxygens (including phenoxy) is 3. The third-order valence-electron chi connectivity index (χ3n) is 4.68. The first-order valence-electron chi connectivity index (χ1n) is 10.2. The van der Waals surface area contributed by atoms with Crippen molar-refractivity contribution in [2.75, 3.05) is 20.8 Å². The van der Waals surface area contributed by atoms with Crippen molar-refractivity contribution >= 4 is 11.9 Å². The van der Waals surface area contributed by atoms with Gasteiger partial charge in [-0.05, 0) is 18.6 Å². The lowest BCUT2D eigenvalue weighted by atomic mass is 10.1. The summed E-state index contributed by atoms with van der Waals surface area (Å²) in [4.78, 5) is 24.0. The lowest BCUT2D eigenvalue weighted by molar-refractivity contribution is 0.0550. The second-order valence-corrected chi connectivity index (χ2v) is 6.85. The highest BCUT2D eigenvalue weighted by molar-refractivity contribution is 6.05. The molecule has 0 spiro atoms. The molecule has 158 valence electrons. The van der Waals surface area contributed by atoms with Crippen LogP contribution >= 0.6 is 0 Å². The first-order valence-corrected chi connectivity index (χ1v) is 10.2. The SMILES string of the molecule is CCCCCCCCCCCCOc1c(O)ccc(C(=O)OC)c1C(=O)OC. The molecule has 0 amide bonds. The average Bonchev–Trinajstić information content (AvgIpc) is 2.71. The van der Waals surface area contributed by atoms with Crippen molar-refractivity contribution in [2.45, 2.75) is 71.1 Å². The van der Waals surface area contributed by atoms with Gasteiger partial charge in [-0.1, -0.05) is 64.7 Å². The summed E-state index contributed by atoms with van der Waals surface area (Å²) in [5, 5.41) is 10.1. The highest BCUT2D eigenvalue weighted by Gasteiger charge is 2.26. The first kappa shape index (κ1) is 23.8. The summed E-state index contributed by atoms with van der Waals surface area (Å²) in [7, 11) is 2.43. The molecule has 6 heteroatoms. The highest BCUT2D eigenvalue weighted by Crippen LogP contribution is 2.34. The molecule has 0 atom stereocenters. The van der Waals surface area contributed by atoms with E-state index >= 15 is 0 Å². The molecule has 0 aromatic heterocycles. The minimum Gasteiger partial charge on any atom is -0.504 e. The number of carbonyl (C=O) groups excluding carboxylic acids is 2. The molecule has 0 heterocycles. The Morgan fingerprint density at radius 1 is 0.821 bits per heavy atom. The van der Waals surface area contributed by atoms with Gasteiger partial charge in [-0.25, -0.2) is 9.59 Å². The molecule has 0 bridgehead atoms. The van der Waals surface area contributed by atoms with Crippen molar-refractivity contribution < 1.29 is 28.9 Å². The molecule has 0 aliphatic heterocycles. The van der Waals surface area contributed by atoms with E-state index in [0.717, 1.165) is 19.3 Å². The van der Waals surface area contributed by atoms with Crippen LogP contribution in [0.15, 0.2) is 12.1 Å². The van der Waals surface area contributed by atoms with Crippen LogP contribution in [0.25, 0.3) is 0 Å². The molecule has 0 aliphatic rings. The van der Waals surface area contributed by atoms with Crippen molar-refractivity contribution in [2.24, 2.45) is 0 Å². The summed E-state index contributed by atoms with van der Waals surface area (Å²) >= 11 is 0. The standard InChI is InChI=1S/C22H34O6/c1-4-5-6-7-8-9-10-11-12-13-16-28-20-18(23)15-14-17(21(24)26-2)19(20)22(25)27-3/h14-15,23H,4-13,16H2,1-3H3. The summed E-state index contributed by atoms with van der Waals surface area (Å²) in [6.45, 7) is 2.57. The topological polar surface area (TPSA) is 82.1 Å². The number of esters is 2. The third kappa shape index (κ3) is 7.79. The molecule has 0 fully saturated rings. The Hall–Kier alpha value is -2.24. The Kier molecular flexibility index (Phi) is 11.8. The quantitative estimate of drug-likeness (QED) is 0.342. The van der Waals surface area contributed by atoms with Crippen LogP contribution in [0, 0.1) is 0 Å². The molecule has 1 aromatic rings. The van der Waals surface area contributed by atoms with E-state index < -0.39 is 11.9 Å². The van der Waals surface area contributed by atoms with E-state index in [9.17, 15) is 14.7 Å². The van der Waals surface area contributed by atoms with Gasteiger partial charge in [0.1, 0.15) is 5.56 Å². The van der Waals surface area contributed by atoms with E-state index in [4.69, 9.17) is 14.2 Å². The number of carbonyl (C=O) groups is 2. The van der Waals surface area contributed by atoms with E-state index in [-0.39, 0.29) is 22.6 Å². The normalized spacial score (nSPS) is 10.5. The second kappa shape index (κ2) is 13.9. The van der Waals surface area contributed by atoms with Gasteiger partial charge in [0.05, 0.1) is 26.4 Å². The second-order valence-electron chi connectivity index (χ2n) is 6.85. The molecule has 0 saturated heterocycles. The zero-order valence-electron chi connectivity index (χ0n) is 17.4. The molecular weight excluding hydrogens is 360 g/mol. The average molecular weight is 395 g/mol. The van der Waals surface area contributed by atoms with Crippen LogP contribution in [-0.4, -0.2) is 37.9 Å². The Labute approximate surface area is 168 Å². The highest BCUT2D eigenvalue weighted by atomic mass is 16.5. The number of methoxy groups -OCH3 is 2. The number of hydrogen-bond donors (Lipinski definition) is 1. The predicted molar refractivity (Wildman–Crippen MR) is 108 cm³/mol. The molecular formula is C22H34O6. The number of hydrogen-bond acceptors (Lipinski definition) is 6. The van der Waals surface area contributed by atoms with Crippen molar-refractivity contribution in [3.63, 3.8) is 0 Å². The summed E-state index contributed by atoms with van der Waals surface area (Å²) in [5.74, 6) is -1.69. The van der Waals surface area contributed by atoms with Gasteiger partial charge >= 0.3 is 11.9 Å². The summed E-state index contributed by atoms with van der Waals surface area (Å²) in [6.07, 6.45) is 12.0. The maximum atomic E-state index is 12.1. The molecule has 0 saturated carbocycles. The Bertz CT molecular complexity index is 611. The Morgan fingerprint density at radius 3 is 1.89 bits per heavy atom. The predicted octanol–water partition coefficient (Wildman–Crippen LogP) is 5.27. The molecule has 0 aliphatic carbocycles. The fourth-order valence-electron chi connectivity index (χ4n) is 3.07. The number of rotatable bonds is 14. The van der Waals surface area contributed by atoms with Gasteiger partial charge in [0.15, 0.2) is 11.5 Å². The van der Waals surface area contributed by atoms with Crippen LogP contribution in [0.4, 0.5) is 0 Å². The van der Waals surface area contributed by atoms with Crippen molar-refractivity contribution in [1.82, 2.24) is 0 Å². The molecule has 1 aromatic carbocycles. The van der Waals surface area contributed by atoms with Crippen LogP contribution in [0.3, 0.4) is 0 Å². The number of benzene rings is 1. The van der Waals surface area contributed by atoms with Gasteiger partial charge in [-0.15, -0.1) is 0 Å². The number of phenolic OH excluding ortho intramolecular Hbond substituents is 1. The van der Waals surface area contributed by atoms with Crippen LogP contribution in [-0.2, 0) is 9.47 Å². The van der Waals surface area contributed by atoms with Crippen molar-refractivity contribution in [3.8, 4) is 11.5 Å². The van der Waals surface area contributed by atoms with E-state index in [1.54, 1.807) is 0 Å². The van der Waals surface area contributed by atoms with E-state index in [0.29, 0.717) is 6.61 Å². The van der Waals surface area contributed by atoms with Gasteiger partial charge in [-0.2, -0.15) is 0 Å². The molecule has 6 nitrogen and oxygen atoms in total. The van der Waals surface area contributed by atoms with Crippen molar-refractivity contribution in [1.29, 1.82) is 0 Å². The fourth-order valence-corrected chi connectivity index (χ4v) is 3.07. The summed E-state index contributed by atoms with van der Waals surface area (Å²) in [6, 6.07) is 2.63. The van der Waals surface area contributed by atoms with E-state index in [1.807, 2.05) is 0 Å². The fraction of sp³-hybridized carbons (Fsp3) is 0.636. The largest absolute Gasteiger partial charge is 0.504 e. The summed E-state index contributed by atoms with van der Waals surface area (Å²) in [5.41, 5.74) is -0.105. The van der Waals surface area contributed by atoms with E-state index in [1.165, 1.54) is 71.3 Å². The minimum absolute atomic E-state index is 0.00484. The molecule has 0 radical (unpaired) electrons. The first-order chi connectivity index (χ1) is 13.6. The van der Waals surface area contributed by atoms with Gasteiger partial charge in [0, 0.05) is 0 Å².